The van der Waals surface area contributed by atoms with Gasteiger partial charge < -0.3 is 4.98 Å². The number of unbranched alkanes of at least 4 members (excludes halogenated alkanes) is 2. The number of aryl methyl sites for hydroxylation is 1. The Bertz CT molecular complexity index is 257. The first-order valence-electron chi connectivity index (χ1n) is 4.50. The fraction of sp³-hybridized carbons (Fsp3) is 0.500. The molecule has 0 amide bonds. The minimum Gasteiger partial charge on any atom is -0.329 e. The summed E-state index contributed by atoms with van der Waals surface area (Å²) in [5.74, 6) is 0. The van der Waals surface area contributed by atoms with Gasteiger partial charge in [-0.1, -0.05) is 25.8 Å². The van der Waals surface area contributed by atoms with Gasteiger partial charge in [0, 0.05) is 12.3 Å². The lowest BCUT2D eigenvalue weighted by Gasteiger charge is -1.98. The molecule has 0 saturated heterocycles. The standard InChI is InChI=1S/C10H15NO/c1-2-3-4-5-9-6-7-10(12)11-8-9/h6-8H,2-5H2,1H3,(H,11,12). The van der Waals surface area contributed by atoms with Gasteiger partial charge in [-0.3, -0.25) is 4.79 Å². The Morgan fingerprint density at radius 3 is 2.75 bits per heavy atom. The quantitative estimate of drug-likeness (QED) is 0.681. The second-order valence-corrected chi connectivity index (χ2v) is 3.02. The number of aromatic amines is 1. The van der Waals surface area contributed by atoms with E-state index in [0.717, 1.165) is 6.42 Å². The van der Waals surface area contributed by atoms with Crippen molar-refractivity contribution in [2.24, 2.45) is 0 Å². The van der Waals surface area contributed by atoms with E-state index in [2.05, 4.69) is 11.9 Å². The summed E-state index contributed by atoms with van der Waals surface area (Å²) in [6.45, 7) is 2.19. The lowest BCUT2D eigenvalue weighted by molar-refractivity contribution is 0.715. The molecule has 1 N–H and O–H groups in total. The molecule has 0 unspecified atom stereocenters. The molecule has 0 aromatic carbocycles. The first-order chi connectivity index (χ1) is 5.83. The van der Waals surface area contributed by atoms with Crippen molar-refractivity contribution in [2.75, 3.05) is 0 Å². The van der Waals surface area contributed by atoms with Gasteiger partial charge in [0.15, 0.2) is 0 Å². The Labute approximate surface area is 72.6 Å². The van der Waals surface area contributed by atoms with Crippen molar-refractivity contribution in [1.29, 1.82) is 0 Å². The van der Waals surface area contributed by atoms with Crippen LogP contribution in [0.15, 0.2) is 23.1 Å². The lowest BCUT2D eigenvalue weighted by Crippen LogP contribution is -2.02. The van der Waals surface area contributed by atoms with Crippen LogP contribution in [0.2, 0.25) is 0 Å². The highest BCUT2D eigenvalue weighted by Crippen LogP contribution is 2.02. The molecule has 1 rings (SSSR count). The molecule has 1 aromatic heterocycles. The molecular weight excluding hydrogens is 150 g/mol. The summed E-state index contributed by atoms with van der Waals surface area (Å²) in [5, 5.41) is 0. The molecular formula is C10H15NO. The minimum absolute atomic E-state index is 0.0192. The van der Waals surface area contributed by atoms with Gasteiger partial charge in [-0.2, -0.15) is 0 Å². The summed E-state index contributed by atoms with van der Waals surface area (Å²) < 4.78 is 0. The van der Waals surface area contributed by atoms with Crippen LogP contribution in [0.5, 0.6) is 0 Å². The van der Waals surface area contributed by atoms with Crippen LogP contribution in [0, 0.1) is 0 Å². The third kappa shape index (κ3) is 2.91. The molecule has 2 nitrogen and oxygen atoms in total. The van der Waals surface area contributed by atoms with Crippen LogP contribution in [-0.2, 0) is 6.42 Å². The van der Waals surface area contributed by atoms with Gasteiger partial charge in [-0.05, 0) is 18.4 Å². The number of rotatable bonds is 4. The third-order valence-corrected chi connectivity index (χ3v) is 1.92. The summed E-state index contributed by atoms with van der Waals surface area (Å²) in [7, 11) is 0. The smallest absolute Gasteiger partial charge is 0.247 e. The number of hydrogen-bond acceptors (Lipinski definition) is 1. The van der Waals surface area contributed by atoms with Gasteiger partial charge in [-0.25, -0.2) is 0 Å². The second-order valence-electron chi connectivity index (χ2n) is 3.02. The van der Waals surface area contributed by atoms with E-state index in [1.807, 2.05) is 6.07 Å². The van der Waals surface area contributed by atoms with Crippen molar-refractivity contribution in [2.45, 2.75) is 32.6 Å². The summed E-state index contributed by atoms with van der Waals surface area (Å²) in [5.41, 5.74) is 1.21. The maximum atomic E-state index is 10.7. The fourth-order valence-electron chi connectivity index (χ4n) is 1.18. The van der Waals surface area contributed by atoms with E-state index in [0.29, 0.717) is 0 Å². The van der Waals surface area contributed by atoms with Gasteiger partial charge in [0.25, 0.3) is 0 Å². The van der Waals surface area contributed by atoms with E-state index in [9.17, 15) is 4.79 Å². The average Bonchev–Trinajstić information content (AvgIpc) is 2.09. The topological polar surface area (TPSA) is 32.9 Å². The van der Waals surface area contributed by atoms with Gasteiger partial charge in [0.2, 0.25) is 5.56 Å². The van der Waals surface area contributed by atoms with Gasteiger partial charge in [0.05, 0.1) is 0 Å². The van der Waals surface area contributed by atoms with Crippen LogP contribution < -0.4 is 5.56 Å². The Morgan fingerprint density at radius 1 is 1.33 bits per heavy atom. The van der Waals surface area contributed by atoms with E-state index < -0.39 is 0 Å². The molecule has 12 heavy (non-hydrogen) atoms. The van der Waals surface area contributed by atoms with Gasteiger partial charge in [0.1, 0.15) is 0 Å². The van der Waals surface area contributed by atoms with Crippen LogP contribution in [0.25, 0.3) is 0 Å². The van der Waals surface area contributed by atoms with Crippen molar-refractivity contribution in [3.05, 3.63) is 34.2 Å². The predicted molar refractivity (Wildman–Crippen MR) is 50.3 cm³/mol. The summed E-state index contributed by atoms with van der Waals surface area (Å²) in [6, 6.07) is 3.48. The normalized spacial score (nSPS) is 10.1. The van der Waals surface area contributed by atoms with Crippen molar-refractivity contribution >= 4 is 0 Å². The molecule has 0 bridgehead atoms. The van der Waals surface area contributed by atoms with Crippen molar-refractivity contribution < 1.29 is 0 Å². The highest BCUT2D eigenvalue weighted by molar-refractivity contribution is 5.08. The van der Waals surface area contributed by atoms with E-state index >= 15 is 0 Å². The molecule has 0 fully saturated rings. The van der Waals surface area contributed by atoms with Crippen LogP contribution >= 0.6 is 0 Å². The maximum absolute atomic E-state index is 10.7. The van der Waals surface area contributed by atoms with Crippen LogP contribution in [0.4, 0.5) is 0 Å². The highest BCUT2D eigenvalue weighted by Gasteiger charge is 1.91. The fourth-order valence-corrected chi connectivity index (χ4v) is 1.18. The number of nitrogens with one attached hydrogen (secondary N) is 1. The average molecular weight is 165 g/mol. The largest absolute Gasteiger partial charge is 0.329 e. The summed E-state index contributed by atoms with van der Waals surface area (Å²) in [6.07, 6.45) is 6.59. The van der Waals surface area contributed by atoms with E-state index in [-0.39, 0.29) is 5.56 Å². The Morgan fingerprint density at radius 2 is 2.17 bits per heavy atom. The summed E-state index contributed by atoms with van der Waals surface area (Å²) >= 11 is 0. The van der Waals surface area contributed by atoms with E-state index in [1.54, 1.807) is 12.3 Å². The first-order valence-corrected chi connectivity index (χ1v) is 4.50. The zero-order chi connectivity index (χ0) is 8.81. The van der Waals surface area contributed by atoms with Gasteiger partial charge >= 0.3 is 0 Å². The van der Waals surface area contributed by atoms with E-state index in [4.69, 9.17) is 0 Å². The molecule has 0 atom stereocenters. The molecule has 0 aliphatic carbocycles. The Balaban J connectivity index is 2.42. The molecule has 66 valence electrons. The minimum atomic E-state index is -0.0192. The zero-order valence-corrected chi connectivity index (χ0v) is 7.47. The maximum Gasteiger partial charge on any atom is 0.247 e. The van der Waals surface area contributed by atoms with Crippen LogP contribution in [-0.4, -0.2) is 4.98 Å². The van der Waals surface area contributed by atoms with Crippen LogP contribution in [0.1, 0.15) is 31.7 Å². The van der Waals surface area contributed by atoms with Gasteiger partial charge in [-0.15, -0.1) is 0 Å². The monoisotopic (exact) mass is 165 g/mol. The molecule has 0 aliphatic heterocycles. The van der Waals surface area contributed by atoms with Crippen molar-refractivity contribution in [3.63, 3.8) is 0 Å². The first kappa shape index (κ1) is 9.04. The lowest BCUT2D eigenvalue weighted by atomic mass is 10.1. The Kier molecular flexibility index (Phi) is 3.58. The number of aromatic nitrogens is 1. The highest BCUT2D eigenvalue weighted by atomic mass is 16.1. The zero-order valence-electron chi connectivity index (χ0n) is 7.47. The molecule has 0 radical (unpaired) electrons. The molecule has 0 aliphatic rings. The van der Waals surface area contributed by atoms with Crippen molar-refractivity contribution in [1.82, 2.24) is 4.98 Å². The van der Waals surface area contributed by atoms with Crippen molar-refractivity contribution in [3.8, 4) is 0 Å². The third-order valence-electron chi connectivity index (χ3n) is 1.92. The Hall–Kier alpha value is -1.05. The molecule has 1 aromatic rings. The molecule has 0 saturated carbocycles. The molecule has 1 heterocycles. The SMILES string of the molecule is CCCCCc1ccc(=O)[nH]c1. The van der Waals surface area contributed by atoms with E-state index in [1.165, 1.54) is 24.8 Å². The molecule has 0 spiro atoms. The number of hydrogen-bond donors (Lipinski definition) is 1. The predicted octanol–water partition coefficient (Wildman–Crippen LogP) is 2.11. The number of pyridine rings is 1. The molecule has 2 heteroatoms. The van der Waals surface area contributed by atoms with Crippen LogP contribution in [0.3, 0.4) is 0 Å². The summed E-state index contributed by atoms with van der Waals surface area (Å²) in [4.78, 5) is 13.4. The number of H-pyrrole nitrogens is 1. The second kappa shape index (κ2) is 4.75.